The Morgan fingerprint density at radius 2 is 2.05 bits per heavy atom. The third-order valence-corrected chi connectivity index (χ3v) is 3.54. The maximum absolute atomic E-state index is 4.57. The van der Waals surface area contributed by atoms with Gasteiger partial charge < -0.3 is 9.72 Å². The molecule has 1 N–H and O–H groups in total. The summed E-state index contributed by atoms with van der Waals surface area (Å²) in [6.07, 6.45) is 5.95. The van der Waals surface area contributed by atoms with Crippen LogP contribution >= 0.6 is 15.9 Å². The topological polar surface area (TPSA) is 60.0 Å². The molecule has 21 heavy (non-hydrogen) atoms. The Morgan fingerprint density at radius 3 is 2.86 bits per heavy atom. The van der Waals surface area contributed by atoms with Gasteiger partial charge in [-0.1, -0.05) is 19.1 Å². The fourth-order valence-electron chi connectivity index (χ4n) is 2.06. The highest BCUT2D eigenvalue weighted by molar-refractivity contribution is 9.10. The van der Waals surface area contributed by atoms with Crippen LogP contribution < -0.4 is 5.32 Å². The molecule has 3 aromatic heterocycles. The van der Waals surface area contributed by atoms with Crippen molar-refractivity contribution in [1.29, 1.82) is 0 Å². The molecule has 0 saturated carbocycles. The molecule has 0 radical (unpaired) electrons. The quantitative estimate of drug-likeness (QED) is 0.768. The second-order valence-corrected chi connectivity index (χ2v) is 6.20. The standard InChI is InChI=1S/C14H17BrN6/c1-10(2)16-5-12-8-21(19-18-12)9-13-7-20-6-11(15)3-4-14(20)17-13/h3-4,6-8,10,16H,5,9H2,1-2H3. The van der Waals surface area contributed by atoms with Gasteiger partial charge in [-0.05, 0) is 28.1 Å². The first-order valence-corrected chi connectivity index (χ1v) is 7.65. The van der Waals surface area contributed by atoms with Crippen molar-refractivity contribution in [3.05, 3.63) is 46.6 Å². The Morgan fingerprint density at radius 1 is 1.19 bits per heavy atom. The number of nitrogens with one attached hydrogen (secondary N) is 1. The van der Waals surface area contributed by atoms with Crippen molar-refractivity contribution >= 4 is 21.6 Å². The zero-order chi connectivity index (χ0) is 14.8. The molecule has 7 heteroatoms. The Hall–Kier alpha value is -1.73. The molecule has 0 aliphatic carbocycles. The molecular weight excluding hydrogens is 332 g/mol. The average molecular weight is 349 g/mol. The maximum atomic E-state index is 4.57. The summed E-state index contributed by atoms with van der Waals surface area (Å²) >= 11 is 3.46. The number of halogens is 1. The van der Waals surface area contributed by atoms with Crippen LogP contribution in [0.5, 0.6) is 0 Å². The van der Waals surface area contributed by atoms with Crippen molar-refractivity contribution in [3.63, 3.8) is 0 Å². The Kier molecular flexibility index (Phi) is 4.03. The summed E-state index contributed by atoms with van der Waals surface area (Å²) in [7, 11) is 0. The van der Waals surface area contributed by atoms with E-state index in [4.69, 9.17) is 0 Å². The zero-order valence-corrected chi connectivity index (χ0v) is 13.6. The SMILES string of the molecule is CC(C)NCc1cn(Cc2cn3cc(Br)ccc3n2)nn1. The van der Waals surface area contributed by atoms with Crippen LogP contribution in [0.2, 0.25) is 0 Å². The molecule has 3 aromatic rings. The lowest BCUT2D eigenvalue weighted by atomic mass is 10.3. The Bertz CT molecular complexity index is 745. The summed E-state index contributed by atoms with van der Waals surface area (Å²) < 4.78 is 4.84. The molecule has 0 unspecified atom stereocenters. The highest BCUT2D eigenvalue weighted by Crippen LogP contribution is 2.13. The highest BCUT2D eigenvalue weighted by atomic mass is 79.9. The van der Waals surface area contributed by atoms with E-state index in [1.807, 2.05) is 39.8 Å². The summed E-state index contributed by atoms with van der Waals surface area (Å²) in [5.74, 6) is 0. The number of aromatic nitrogens is 5. The fourth-order valence-corrected chi connectivity index (χ4v) is 2.42. The van der Waals surface area contributed by atoms with E-state index >= 15 is 0 Å². The second kappa shape index (κ2) is 5.95. The number of nitrogens with zero attached hydrogens (tertiary/aromatic N) is 5. The van der Waals surface area contributed by atoms with Crippen LogP contribution in [0, 0.1) is 0 Å². The summed E-state index contributed by atoms with van der Waals surface area (Å²) in [6.45, 7) is 5.57. The predicted molar refractivity (Wildman–Crippen MR) is 84.0 cm³/mol. The van der Waals surface area contributed by atoms with Crippen LogP contribution in [0.25, 0.3) is 5.65 Å². The van der Waals surface area contributed by atoms with E-state index in [0.29, 0.717) is 12.6 Å². The summed E-state index contributed by atoms with van der Waals surface area (Å²) in [6, 6.07) is 4.40. The molecule has 6 nitrogen and oxygen atoms in total. The molecule has 0 spiro atoms. The average Bonchev–Trinajstić information content (AvgIpc) is 3.02. The number of pyridine rings is 1. The molecule has 0 amide bonds. The van der Waals surface area contributed by atoms with E-state index in [1.165, 1.54) is 0 Å². The van der Waals surface area contributed by atoms with Crippen LogP contribution in [0.3, 0.4) is 0 Å². The van der Waals surface area contributed by atoms with Gasteiger partial charge in [0.2, 0.25) is 0 Å². The molecule has 3 heterocycles. The van der Waals surface area contributed by atoms with Gasteiger partial charge in [0.1, 0.15) is 5.65 Å². The van der Waals surface area contributed by atoms with Gasteiger partial charge in [-0.2, -0.15) is 0 Å². The second-order valence-electron chi connectivity index (χ2n) is 5.29. The predicted octanol–water partition coefficient (Wildman–Crippen LogP) is 2.23. The van der Waals surface area contributed by atoms with Crippen LogP contribution in [-0.4, -0.2) is 30.4 Å². The summed E-state index contributed by atoms with van der Waals surface area (Å²) in [5.41, 5.74) is 2.83. The van der Waals surface area contributed by atoms with Crippen molar-refractivity contribution in [2.24, 2.45) is 0 Å². The minimum Gasteiger partial charge on any atom is -0.309 e. The van der Waals surface area contributed by atoms with Crippen LogP contribution in [0.15, 0.2) is 35.2 Å². The summed E-state index contributed by atoms with van der Waals surface area (Å²) in [5, 5.41) is 11.6. The molecule has 0 bridgehead atoms. The number of fused-ring (bicyclic) bond motifs is 1. The molecule has 3 rings (SSSR count). The number of hydrogen-bond donors (Lipinski definition) is 1. The lowest BCUT2D eigenvalue weighted by molar-refractivity contribution is 0.580. The van der Waals surface area contributed by atoms with Crippen LogP contribution in [-0.2, 0) is 13.1 Å². The first-order valence-electron chi connectivity index (χ1n) is 6.85. The Labute approximate surface area is 131 Å². The number of rotatable bonds is 5. The normalized spacial score (nSPS) is 11.6. The number of imidazole rings is 1. The molecule has 0 fully saturated rings. The van der Waals surface area contributed by atoms with E-state index in [2.05, 4.69) is 50.4 Å². The monoisotopic (exact) mass is 348 g/mol. The van der Waals surface area contributed by atoms with Crippen LogP contribution in [0.1, 0.15) is 25.2 Å². The van der Waals surface area contributed by atoms with Gasteiger partial charge in [-0.3, -0.25) is 0 Å². The lowest BCUT2D eigenvalue weighted by Gasteiger charge is -2.03. The van der Waals surface area contributed by atoms with Gasteiger partial charge in [-0.25, -0.2) is 9.67 Å². The van der Waals surface area contributed by atoms with Gasteiger partial charge in [0.25, 0.3) is 0 Å². The Balaban J connectivity index is 1.72. The van der Waals surface area contributed by atoms with E-state index in [0.717, 1.165) is 28.1 Å². The smallest absolute Gasteiger partial charge is 0.137 e. The molecule has 0 aliphatic heterocycles. The molecular formula is C14H17BrN6. The van der Waals surface area contributed by atoms with Crippen LogP contribution in [0.4, 0.5) is 0 Å². The minimum absolute atomic E-state index is 0.437. The van der Waals surface area contributed by atoms with E-state index in [1.54, 1.807) is 0 Å². The van der Waals surface area contributed by atoms with E-state index in [-0.39, 0.29) is 0 Å². The van der Waals surface area contributed by atoms with Crippen molar-refractivity contribution in [2.45, 2.75) is 33.0 Å². The third kappa shape index (κ3) is 3.48. The van der Waals surface area contributed by atoms with Crippen molar-refractivity contribution in [1.82, 2.24) is 29.7 Å². The lowest BCUT2D eigenvalue weighted by Crippen LogP contribution is -2.21. The fraction of sp³-hybridized carbons (Fsp3) is 0.357. The van der Waals surface area contributed by atoms with Gasteiger partial charge >= 0.3 is 0 Å². The van der Waals surface area contributed by atoms with Crippen molar-refractivity contribution in [3.8, 4) is 0 Å². The van der Waals surface area contributed by atoms with Crippen molar-refractivity contribution in [2.75, 3.05) is 0 Å². The van der Waals surface area contributed by atoms with Gasteiger partial charge in [0.05, 0.1) is 24.1 Å². The summed E-state index contributed by atoms with van der Waals surface area (Å²) in [4.78, 5) is 4.57. The minimum atomic E-state index is 0.437. The van der Waals surface area contributed by atoms with E-state index in [9.17, 15) is 0 Å². The molecule has 0 aliphatic rings. The van der Waals surface area contributed by atoms with Gasteiger partial charge in [0.15, 0.2) is 0 Å². The molecule has 0 aromatic carbocycles. The third-order valence-electron chi connectivity index (χ3n) is 3.07. The first-order chi connectivity index (χ1) is 10.1. The molecule has 110 valence electrons. The molecule has 0 saturated heterocycles. The zero-order valence-electron chi connectivity index (χ0n) is 12.0. The van der Waals surface area contributed by atoms with E-state index < -0.39 is 0 Å². The van der Waals surface area contributed by atoms with Crippen molar-refractivity contribution < 1.29 is 0 Å². The maximum Gasteiger partial charge on any atom is 0.137 e. The molecule has 0 atom stereocenters. The highest BCUT2D eigenvalue weighted by Gasteiger charge is 2.06. The first kappa shape index (κ1) is 14.2. The largest absolute Gasteiger partial charge is 0.309 e. The van der Waals surface area contributed by atoms with Gasteiger partial charge in [0, 0.05) is 29.5 Å². The van der Waals surface area contributed by atoms with Gasteiger partial charge in [-0.15, -0.1) is 5.10 Å². The number of hydrogen-bond acceptors (Lipinski definition) is 4.